The van der Waals surface area contributed by atoms with Crippen molar-refractivity contribution in [1.29, 1.82) is 0 Å². The standard InChI is InChI=1S/C13H13BrO4/c1-3-18-13(17)11-5-4-9(6-10(11)7-15)12(16)8(2)14/h4-8H,3H2,1-2H3. The van der Waals surface area contributed by atoms with Crippen molar-refractivity contribution >= 4 is 34.0 Å². The van der Waals surface area contributed by atoms with Gasteiger partial charge in [0.1, 0.15) is 0 Å². The van der Waals surface area contributed by atoms with Crippen molar-refractivity contribution in [3.8, 4) is 0 Å². The van der Waals surface area contributed by atoms with Gasteiger partial charge < -0.3 is 4.74 Å². The Morgan fingerprint density at radius 2 is 2.11 bits per heavy atom. The van der Waals surface area contributed by atoms with Crippen LogP contribution in [0.4, 0.5) is 0 Å². The highest BCUT2D eigenvalue weighted by molar-refractivity contribution is 9.10. The van der Waals surface area contributed by atoms with Crippen LogP contribution >= 0.6 is 15.9 Å². The summed E-state index contributed by atoms with van der Waals surface area (Å²) in [6.45, 7) is 3.61. The van der Waals surface area contributed by atoms with E-state index in [1.165, 1.54) is 18.2 Å². The number of aldehydes is 1. The predicted molar refractivity (Wildman–Crippen MR) is 70.5 cm³/mol. The molecule has 1 unspecified atom stereocenters. The van der Waals surface area contributed by atoms with Crippen molar-refractivity contribution < 1.29 is 19.1 Å². The second-order valence-electron chi connectivity index (χ2n) is 3.62. The van der Waals surface area contributed by atoms with Crippen molar-refractivity contribution in [2.24, 2.45) is 0 Å². The molecule has 5 heteroatoms. The highest BCUT2D eigenvalue weighted by atomic mass is 79.9. The van der Waals surface area contributed by atoms with Crippen LogP contribution in [0, 0.1) is 0 Å². The van der Waals surface area contributed by atoms with Gasteiger partial charge in [0.15, 0.2) is 12.1 Å². The van der Waals surface area contributed by atoms with Gasteiger partial charge in [0.25, 0.3) is 0 Å². The Hall–Kier alpha value is -1.49. The minimum absolute atomic E-state index is 0.145. The number of esters is 1. The number of hydrogen-bond acceptors (Lipinski definition) is 4. The number of carbonyl (C=O) groups is 3. The molecule has 1 atom stereocenters. The molecular formula is C13H13BrO4. The van der Waals surface area contributed by atoms with Gasteiger partial charge in [0.05, 0.1) is 17.0 Å². The van der Waals surface area contributed by atoms with E-state index in [-0.39, 0.29) is 28.3 Å². The molecule has 0 bridgehead atoms. The maximum Gasteiger partial charge on any atom is 0.338 e. The zero-order valence-corrected chi connectivity index (χ0v) is 11.7. The molecule has 0 aliphatic heterocycles. The first-order valence-corrected chi connectivity index (χ1v) is 6.37. The Balaban J connectivity index is 3.15. The number of rotatable bonds is 5. The summed E-state index contributed by atoms with van der Waals surface area (Å²) in [5.41, 5.74) is 0.715. The van der Waals surface area contributed by atoms with Gasteiger partial charge in [-0.15, -0.1) is 0 Å². The van der Waals surface area contributed by atoms with E-state index < -0.39 is 5.97 Å². The second kappa shape index (κ2) is 6.44. The lowest BCUT2D eigenvalue weighted by Crippen LogP contribution is -2.13. The molecule has 18 heavy (non-hydrogen) atoms. The third kappa shape index (κ3) is 3.26. The monoisotopic (exact) mass is 312 g/mol. The second-order valence-corrected chi connectivity index (χ2v) is 4.99. The number of ketones is 1. The topological polar surface area (TPSA) is 60.4 Å². The molecule has 0 saturated carbocycles. The fourth-order valence-electron chi connectivity index (χ4n) is 1.44. The van der Waals surface area contributed by atoms with Gasteiger partial charge in [-0.25, -0.2) is 4.79 Å². The number of halogens is 1. The SMILES string of the molecule is CCOC(=O)c1ccc(C(=O)C(C)Br)cc1C=O. The van der Waals surface area contributed by atoms with Crippen molar-refractivity contribution in [3.05, 3.63) is 34.9 Å². The molecule has 0 spiro atoms. The molecule has 1 aromatic carbocycles. The van der Waals surface area contributed by atoms with Crippen LogP contribution in [0.2, 0.25) is 0 Å². The fourth-order valence-corrected chi connectivity index (χ4v) is 1.70. The van der Waals surface area contributed by atoms with Gasteiger partial charge in [-0.3, -0.25) is 9.59 Å². The minimum atomic E-state index is -0.564. The van der Waals surface area contributed by atoms with E-state index in [0.717, 1.165) is 0 Å². The van der Waals surface area contributed by atoms with Crippen LogP contribution in [-0.2, 0) is 4.74 Å². The average Bonchev–Trinajstić information content (AvgIpc) is 2.37. The van der Waals surface area contributed by atoms with E-state index >= 15 is 0 Å². The summed E-state index contributed by atoms with van der Waals surface area (Å²) in [6.07, 6.45) is 0.544. The Kier molecular flexibility index (Phi) is 5.22. The molecule has 0 heterocycles. The van der Waals surface area contributed by atoms with E-state index in [1.54, 1.807) is 13.8 Å². The van der Waals surface area contributed by atoms with E-state index in [4.69, 9.17) is 4.74 Å². The molecule has 4 nitrogen and oxygen atoms in total. The highest BCUT2D eigenvalue weighted by Crippen LogP contribution is 2.15. The summed E-state index contributed by atoms with van der Waals surface area (Å²) >= 11 is 3.17. The maximum atomic E-state index is 11.7. The number of alkyl halides is 1. The molecule has 96 valence electrons. The zero-order valence-electron chi connectivity index (χ0n) is 10.1. The molecule has 0 radical (unpaired) electrons. The molecule has 0 saturated heterocycles. The van der Waals surface area contributed by atoms with Crippen LogP contribution in [0.1, 0.15) is 44.9 Å². The molecule has 0 aromatic heterocycles. The normalized spacial score (nSPS) is 11.7. The van der Waals surface area contributed by atoms with Crippen LogP contribution in [0.5, 0.6) is 0 Å². The van der Waals surface area contributed by atoms with Crippen LogP contribution < -0.4 is 0 Å². The molecule has 0 aliphatic carbocycles. The number of ether oxygens (including phenoxy) is 1. The van der Waals surface area contributed by atoms with Gasteiger partial charge in [-0.05, 0) is 26.0 Å². The molecule has 0 aliphatic rings. The number of hydrogen-bond donors (Lipinski definition) is 0. The summed E-state index contributed by atoms with van der Waals surface area (Å²) in [7, 11) is 0. The molecular weight excluding hydrogens is 300 g/mol. The van der Waals surface area contributed by atoms with E-state index in [0.29, 0.717) is 11.8 Å². The quantitative estimate of drug-likeness (QED) is 0.363. The summed E-state index contributed by atoms with van der Waals surface area (Å²) in [5, 5.41) is 0. The van der Waals surface area contributed by atoms with Crippen molar-refractivity contribution in [2.75, 3.05) is 6.61 Å². The first-order valence-electron chi connectivity index (χ1n) is 5.45. The van der Waals surface area contributed by atoms with Crippen LogP contribution in [-0.4, -0.2) is 29.5 Å². The molecule has 0 fully saturated rings. The lowest BCUT2D eigenvalue weighted by Gasteiger charge is -2.07. The Labute approximate surface area is 113 Å². The maximum absolute atomic E-state index is 11.7. The Morgan fingerprint density at radius 3 is 2.61 bits per heavy atom. The van der Waals surface area contributed by atoms with Gasteiger partial charge in [-0.1, -0.05) is 22.0 Å². The van der Waals surface area contributed by atoms with Gasteiger partial charge >= 0.3 is 5.97 Å². The van der Waals surface area contributed by atoms with Crippen LogP contribution in [0.15, 0.2) is 18.2 Å². The molecule has 0 N–H and O–H groups in total. The number of benzene rings is 1. The van der Waals surface area contributed by atoms with Gasteiger partial charge in [-0.2, -0.15) is 0 Å². The van der Waals surface area contributed by atoms with Gasteiger partial charge in [0, 0.05) is 11.1 Å². The molecule has 1 aromatic rings. The first-order chi connectivity index (χ1) is 8.51. The Morgan fingerprint density at radius 1 is 1.44 bits per heavy atom. The lowest BCUT2D eigenvalue weighted by molar-refractivity contribution is 0.0524. The largest absolute Gasteiger partial charge is 0.462 e. The summed E-state index contributed by atoms with van der Waals surface area (Å²) in [4.78, 5) is 33.9. The first kappa shape index (κ1) is 14.6. The summed E-state index contributed by atoms with van der Waals surface area (Å²) < 4.78 is 4.83. The van der Waals surface area contributed by atoms with E-state index in [9.17, 15) is 14.4 Å². The predicted octanol–water partition coefficient (Wildman–Crippen LogP) is 2.64. The minimum Gasteiger partial charge on any atom is -0.462 e. The lowest BCUT2D eigenvalue weighted by atomic mass is 10.0. The fraction of sp³-hybridized carbons (Fsp3) is 0.308. The van der Waals surface area contributed by atoms with Crippen molar-refractivity contribution in [2.45, 2.75) is 18.7 Å². The van der Waals surface area contributed by atoms with Crippen molar-refractivity contribution in [3.63, 3.8) is 0 Å². The van der Waals surface area contributed by atoms with Crippen LogP contribution in [0.25, 0.3) is 0 Å². The summed E-state index contributed by atoms with van der Waals surface area (Å²) in [5.74, 6) is -0.709. The molecule has 0 amide bonds. The average molecular weight is 313 g/mol. The summed E-state index contributed by atoms with van der Waals surface area (Å²) in [6, 6.07) is 4.35. The van der Waals surface area contributed by atoms with Gasteiger partial charge in [0.2, 0.25) is 0 Å². The van der Waals surface area contributed by atoms with Crippen molar-refractivity contribution in [1.82, 2.24) is 0 Å². The zero-order chi connectivity index (χ0) is 13.7. The smallest absolute Gasteiger partial charge is 0.338 e. The van der Waals surface area contributed by atoms with E-state index in [1.807, 2.05) is 0 Å². The molecule has 1 rings (SSSR count). The third-order valence-electron chi connectivity index (χ3n) is 2.32. The highest BCUT2D eigenvalue weighted by Gasteiger charge is 2.17. The van der Waals surface area contributed by atoms with Crippen LogP contribution in [0.3, 0.4) is 0 Å². The Bertz CT molecular complexity index is 480. The van der Waals surface area contributed by atoms with E-state index in [2.05, 4.69) is 15.9 Å². The third-order valence-corrected chi connectivity index (χ3v) is 2.74. The number of carbonyl (C=O) groups excluding carboxylic acids is 3. The number of Topliss-reactive ketones (excluding diaryl/α,β-unsaturated/α-hetero) is 1.